The lowest BCUT2D eigenvalue weighted by atomic mass is 9.85. The fraction of sp³-hybridized carbons (Fsp3) is 0.571. The van der Waals surface area contributed by atoms with Crippen LogP contribution < -0.4 is 5.56 Å². The molecular weight excluding hydrogens is 214 g/mol. The van der Waals surface area contributed by atoms with Gasteiger partial charge in [-0.2, -0.15) is 0 Å². The van der Waals surface area contributed by atoms with Gasteiger partial charge in [-0.15, -0.1) is 0 Å². The Morgan fingerprint density at radius 2 is 1.94 bits per heavy atom. The van der Waals surface area contributed by atoms with Crippen LogP contribution in [0.4, 0.5) is 0 Å². The van der Waals surface area contributed by atoms with E-state index in [1.54, 1.807) is 12.1 Å². The second-order valence-electron chi connectivity index (χ2n) is 5.22. The quantitative estimate of drug-likeness (QED) is 0.782. The average Bonchev–Trinajstić information content (AvgIpc) is 2.25. The Hall–Kier alpha value is -1.38. The molecule has 3 nitrogen and oxygen atoms in total. The van der Waals surface area contributed by atoms with Gasteiger partial charge in [-0.25, -0.2) is 0 Å². The SMILES string of the molecule is O=C1CCCc2c1ccc(=O)n2CC1CCC1. The number of rotatable bonds is 2. The van der Waals surface area contributed by atoms with Gasteiger partial charge in [0, 0.05) is 30.3 Å². The Balaban J connectivity index is 2.02. The summed E-state index contributed by atoms with van der Waals surface area (Å²) in [7, 11) is 0. The molecular formula is C14H17NO2. The zero-order valence-corrected chi connectivity index (χ0v) is 9.95. The van der Waals surface area contributed by atoms with Gasteiger partial charge >= 0.3 is 0 Å². The first-order chi connectivity index (χ1) is 8.25. The van der Waals surface area contributed by atoms with Crippen molar-refractivity contribution in [1.29, 1.82) is 0 Å². The molecule has 0 N–H and O–H groups in total. The second-order valence-corrected chi connectivity index (χ2v) is 5.22. The number of fused-ring (bicyclic) bond motifs is 1. The summed E-state index contributed by atoms with van der Waals surface area (Å²) in [4.78, 5) is 23.7. The molecule has 0 saturated heterocycles. The lowest BCUT2D eigenvalue weighted by Crippen LogP contribution is -2.32. The number of pyridine rings is 1. The molecule has 2 aliphatic carbocycles. The maximum atomic E-state index is 11.9. The maximum Gasteiger partial charge on any atom is 0.250 e. The Bertz CT molecular complexity index is 511. The molecule has 3 rings (SSSR count). The Kier molecular flexibility index (Phi) is 2.61. The van der Waals surface area contributed by atoms with Crippen molar-refractivity contribution >= 4 is 5.78 Å². The summed E-state index contributed by atoms with van der Waals surface area (Å²) in [5, 5.41) is 0. The number of carbonyl (C=O) groups is 1. The first-order valence-corrected chi connectivity index (χ1v) is 6.51. The third-order valence-corrected chi connectivity index (χ3v) is 4.08. The molecule has 0 aliphatic heterocycles. The van der Waals surface area contributed by atoms with Crippen LogP contribution in [0.5, 0.6) is 0 Å². The second kappa shape index (κ2) is 4.13. The van der Waals surface area contributed by atoms with Crippen molar-refractivity contribution < 1.29 is 4.79 Å². The highest BCUT2D eigenvalue weighted by Gasteiger charge is 2.24. The molecule has 0 unspecified atom stereocenters. The molecule has 1 aromatic rings. The van der Waals surface area contributed by atoms with E-state index in [9.17, 15) is 9.59 Å². The topological polar surface area (TPSA) is 39.1 Å². The first kappa shape index (κ1) is 10.8. The van der Waals surface area contributed by atoms with E-state index in [4.69, 9.17) is 0 Å². The standard InChI is InChI=1S/C14H17NO2/c16-13-6-2-5-12-11(13)7-8-14(17)15(12)9-10-3-1-4-10/h7-8,10H,1-6,9H2. The molecule has 1 saturated carbocycles. The van der Waals surface area contributed by atoms with Gasteiger partial charge in [-0.3, -0.25) is 9.59 Å². The number of hydrogen-bond donors (Lipinski definition) is 0. The fourth-order valence-electron chi connectivity index (χ4n) is 2.83. The minimum absolute atomic E-state index is 0.0605. The van der Waals surface area contributed by atoms with Crippen molar-refractivity contribution in [1.82, 2.24) is 4.57 Å². The molecule has 0 atom stereocenters. The number of Topliss-reactive ketones (excluding diaryl/α,β-unsaturated/α-hetero) is 1. The molecule has 2 aliphatic rings. The highest BCUT2D eigenvalue weighted by atomic mass is 16.1. The Labute approximate surface area is 100 Å². The summed E-state index contributed by atoms with van der Waals surface area (Å²) in [6.45, 7) is 0.815. The van der Waals surface area contributed by atoms with Gasteiger partial charge in [0.25, 0.3) is 5.56 Å². The average molecular weight is 231 g/mol. The first-order valence-electron chi connectivity index (χ1n) is 6.51. The van der Waals surface area contributed by atoms with E-state index in [-0.39, 0.29) is 11.3 Å². The summed E-state index contributed by atoms with van der Waals surface area (Å²) in [5.41, 5.74) is 1.83. The summed E-state index contributed by atoms with van der Waals surface area (Å²) in [6.07, 6.45) is 6.14. The van der Waals surface area contributed by atoms with Gasteiger partial charge in [0.05, 0.1) is 0 Å². The van der Waals surface area contributed by atoms with Gasteiger partial charge in [0.1, 0.15) is 0 Å². The van der Waals surface area contributed by atoms with Crippen LogP contribution in [-0.2, 0) is 13.0 Å². The number of aromatic nitrogens is 1. The summed E-state index contributed by atoms with van der Waals surface area (Å²) < 4.78 is 1.86. The molecule has 0 amide bonds. The highest BCUT2D eigenvalue weighted by Crippen LogP contribution is 2.29. The lowest BCUT2D eigenvalue weighted by Gasteiger charge is -2.28. The van der Waals surface area contributed by atoms with Crippen molar-refractivity contribution in [2.75, 3.05) is 0 Å². The molecule has 0 bridgehead atoms. The zero-order valence-electron chi connectivity index (χ0n) is 9.95. The van der Waals surface area contributed by atoms with Crippen LogP contribution in [-0.4, -0.2) is 10.4 Å². The largest absolute Gasteiger partial charge is 0.312 e. The van der Waals surface area contributed by atoms with Crippen molar-refractivity contribution in [2.45, 2.75) is 45.1 Å². The number of hydrogen-bond acceptors (Lipinski definition) is 2. The number of ketones is 1. The van der Waals surface area contributed by atoms with E-state index in [2.05, 4.69) is 0 Å². The van der Waals surface area contributed by atoms with Crippen molar-refractivity contribution in [2.24, 2.45) is 5.92 Å². The molecule has 17 heavy (non-hydrogen) atoms. The van der Waals surface area contributed by atoms with Gasteiger partial charge in [-0.05, 0) is 37.7 Å². The van der Waals surface area contributed by atoms with Crippen LogP contribution in [0.15, 0.2) is 16.9 Å². The van der Waals surface area contributed by atoms with Crippen LogP contribution in [0.1, 0.15) is 48.2 Å². The molecule has 0 aromatic carbocycles. The zero-order chi connectivity index (χ0) is 11.8. The molecule has 1 aromatic heterocycles. The van der Waals surface area contributed by atoms with Gasteiger partial charge < -0.3 is 4.57 Å². The number of carbonyl (C=O) groups excluding carboxylic acids is 1. The summed E-state index contributed by atoms with van der Waals surface area (Å²) in [5.74, 6) is 0.852. The van der Waals surface area contributed by atoms with E-state index in [0.717, 1.165) is 30.6 Å². The van der Waals surface area contributed by atoms with E-state index in [0.29, 0.717) is 12.3 Å². The molecule has 0 spiro atoms. The highest BCUT2D eigenvalue weighted by molar-refractivity contribution is 5.97. The van der Waals surface area contributed by atoms with Crippen molar-refractivity contribution in [3.63, 3.8) is 0 Å². The van der Waals surface area contributed by atoms with Crippen LogP contribution >= 0.6 is 0 Å². The van der Waals surface area contributed by atoms with Gasteiger partial charge in [-0.1, -0.05) is 6.42 Å². The molecule has 90 valence electrons. The summed E-state index contributed by atoms with van der Waals surface area (Å²) in [6, 6.07) is 3.27. The fourth-order valence-corrected chi connectivity index (χ4v) is 2.83. The van der Waals surface area contributed by atoms with Crippen LogP contribution in [0.3, 0.4) is 0 Å². The van der Waals surface area contributed by atoms with E-state index >= 15 is 0 Å². The predicted octanol–water partition coefficient (Wildman–Crippen LogP) is 2.17. The van der Waals surface area contributed by atoms with E-state index in [1.165, 1.54) is 19.3 Å². The molecule has 0 radical (unpaired) electrons. The minimum atomic E-state index is 0.0605. The van der Waals surface area contributed by atoms with Gasteiger partial charge in [0.15, 0.2) is 5.78 Å². The number of nitrogens with zero attached hydrogens (tertiary/aromatic N) is 1. The van der Waals surface area contributed by atoms with Crippen molar-refractivity contribution in [3.8, 4) is 0 Å². The van der Waals surface area contributed by atoms with Gasteiger partial charge in [0.2, 0.25) is 0 Å². The van der Waals surface area contributed by atoms with Crippen LogP contribution in [0, 0.1) is 5.92 Å². The lowest BCUT2D eigenvalue weighted by molar-refractivity contribution is 0.0969. The minimum Gasteiger partial charge on any atom is -0.312 e. The Morgan fingerprint density at radius 3 is 2.65 bits per heavy atom. The molecule has 1 fully saturated rings. The van der Waals surface area contributed by atoms with E-state index < -0.39 is 0 Å². The third-order valence-electron chi connectivity index (χ3n) is 4.08. The normalized spacial score (nSPS) is 19.9. The maximum absolute atomic E-state index is 11.9. The predicted molar refractivity (Wildman–Crippen MR) is 65.3 cm³/mol. The van der Waals surface area contributed by atoms with E-state index in [1.807, 2.05) is 4.57 Å². The summed E-state index contributed by atoms with van der Waals surface area (Å²) >= 11 is 0. The monoisotopic (exact) mass is 231 g/mol. The van der Waals surface area contributed by atoms with Crippen molar-refractivity contribution in [3.05, 3.63) is 33.7 Å². The molecule has 1 heterocycles. The smallest absolute Gasteiger partial charge is 0.250 e. The molecule has 3 heteroatoms. The Morgan fingerprint density at radius 1 is 1.12 bits per heavy atom. The third kappa shape index (κ3) is 1.84. The van der Waals surface area contributed by atoms with Crippen LogP contribution in [0.2, 0.25) is 0 Å². The van der Waals surface area contributed by atoms with Crippen LogP contribution in [0.25, 0.3) is 0 Å².